The number of nitrogens with two attached hydrogens (primary N) is 1. The van der Waals surface area contributed by atoms with Crippen LogP contribution in [0.3, 0.4) is 0 Å². The van der Waals surface area contributed by atoms with E-state index in [1.165, 1.54) is 0 Å². The second-order valence-electron chi connectivity index (χ2n) is 3.01. The van der Waals surface area contributed by atoms with Crippen LogP contribution < -0.4 is 15.8 Å². The van der Waals surface area contributed by atoms with Crippen molar-refractivity contribution in [3.8, 4) is 5.75 Å². The Morgan fingerprint density at radius 1 is 1.67 bits per heavy atom. The molecule has 1 aromatic heterocycles. The smallest absolute Gasteiger partial charge is 0.219 e. The number of hydrogen-bond donors (Lipinski definition) is 2. The first-order valence-corrected chi connectivity index (χ1v) is 4.78. The molecule has 0 aliphatic carbocycles. The molecular weight excluding hydrogens is 194 g/mol. The van der Waals surface area contributed by atoms with Crippen LogP contribution in [0.4, 0.5) is 5.82 Å². The highest BCUT2D eigenvalue weighted by Crippen LogP contribution is 2.16. The van der Waals surface area contributed by atoms with Gasteiger partial charge in [-0.05, 0) is 18.6 Å². The summed E-state index contributed by atoms with van der Waals surface area (Å²) < 4.78 is 5.36. The minimum Gasteiger partial charge on any atom is -0.490 e. The lowest BCUT2D eigenvalue weighted by Crippen LogP contribution is -2.18. The Balaban J connectivity index is 2.26. The molecule has 0 bridgehead atoms. The second-order valence-corrected chi connectivity index (χ2v) is 3.01. The fraction of sp³-hybridized carbons (Fsp3) is 0.400. The predicted molar refractivity (Wildman–Crippen MR) is 57.4 cm³/mol. The molecule has 0 spiro atoms. The molecular formula is C10H15N3O2. The van der Waals surface area contributed by atoms with Crippen molar-refractivity contribution >= 4 is 11.7 Å². The minimum atomic E-state index is 0.0118. The zero-order chi connectivity index (χ0) is 11.1. The number of amides is 1. The molecule has 0 unspecified atom stereocenters. The number of anilines is 1. The number of aromatic nitrogens is 1. The van der Waals surface area contributed by atoms with Crippen LogP contribution in [0.2, 0.25) is 0 Å². The third-order valence-electron chi connectivity index (χ3n) is 1.88. The van der Waals surface area contributed by atoms with Crippen molar-refractivity contribution in [2.24, 2.45) is 0 Å². The lowest BCUT2D eigenvalue weighted by atomic mass is 10.3. The van der Waals surface area contributed by atoms with E-state index in [4.69, 9.17) is 10.5 Å². The molecule has 0 saturated carbocycles. The van der Waals surface area contributed by atoms with Crippen LogP contribution >= 0.6 is 0 Å². The number of pyridine rings is 1. The number of ether oxygens (including phenoxy) is 1. The Morgan fingerprint density at radius 3 is 3.13 bits per heavy atom. The van der Waals surface area contributed by atoms with Gasteiger partial charge in [-0.3, -0.25) is 4.79 Å². The third kappa shape index (κ3) is 3.84. The van der Waals surface area contributed by atoms with E-state index in [0.29, 0.717) is 31.0 Å². The van der Waals surface area contributed by atoms with Crippen molar-refractivity contribution in [3.05, 3.63) is 18.3 Å². The average Bonchev–Trinajstić information content (AvgIpc) is 2.26. The summed E-state index contributed by atoms with van der Waals surface area (Å²) in [6.45, 7) is 0.462. The lowest BCUT2D eigenvalue weighted by molar-refractivity contribution is -0.120. The highest BCUT2D eigenvalue weighted by atomic mass is 16.5. The maximum absolute atomic E-state index is 10.9. The van der Waals surface area contributed by atoms with Gasteiger partial charge in [0.1, 0.15) is 0 Å². The van der Waals surface area contributed by atoms with Gasteiger partial charge in [-0.1, -0.05) is 0 Å². The SMILES string of the molecule is CNC(=O)CCCOc1cccnc1N. The van der Waals surface area contributed by atoms with E-state index >= 15 is 0 Å². The molecule has 1 rings (SSSR count). The minimum absolute atomic E-state index is 0.0118. The zero-order valence-corrected chi connectivity index (χ0v) is 8.69. The van der Waals surface area contributed by atoms with Crippen molar-refractivity contribution in [2.45, 2.75) is 12.8 Å². The summed E-state index contributed by atoms with van der Waals surface area (Å²) in [5.74, 6) is 0.949. The average molecular weight is 209 g/mol. The van der Waals surface area contributed by atoms with Gasteiger partial charge in [0.15, 0.2) is 11.6 Å². The van der Waals surface area contributed by atoms with E-state index in [-0.39, 0.29) is 5.91 Å². The number of rotatable bonds is 5. The molecule has 0 aromatic carbocycles. The van der Waals surface area contributed by atoms with Crippen LogP contribution in [0.15, 0.2) is 18.3 Å². The largest absolute Gasteiger partial charge is 0.490 e. The van der Waals surface area contributed by atoms with E-state index in [1.54, 1.807) is 25.4 Å². The van der Waals surface area contributed by atoms with Crippen LogP contribution in [0.5, 0.6) is 5.75 Å². The van der Waals surface area contributed by atoms with Gasteiger partial charge in [-0.25, -0.2) is 4.98 Å². The number of nitrogen functional groups attached to an aromatic ring is 1. The highest BCUT2D eigenvalue weighted by Gasteiger charge is 2.01. The van der Waals surface area contributed by atoms with Crippen LogP contribution in [0.1, 0.15) is 12.8 Å². The highest BCUT2D eigenvalue weighted by molar-refractivity contribution is 5.75. The summed E-state index contributed by atoms with van der Waals surface area (Å²) in [5.41, 5.74) is 5.57. The topological polar surface area (TPSA) is 77.2 Å². The van der Waals surface area contributed by atoms with Crippen molar-refractivity contribution in [3.63, 3.8) is 0 Å². The summed E-state index contributed by atoms with van der Waals surface area (Å²) in [6, 6.07) is 3.51. The van der Waals surface area contributed by atoms with Gasteiger partial charge in [0.25, 0.3) is 0 Å². The van der Waals surface area contributed by atoms with Crippen LogP contribution in [0, 0.1) is 0 Å². The summed E-state index contributed by atoms with van der Waals surface area (Å²) in [6.07, 6.45) is 2.72. The summed E-state index contributed by atoms with van der Waals surface area (Å²) in [4.78, 5) is 14.8. The van der Waals surface area contributed by atoms with E-state index in [1.807, 2.05) is 0 Å². The van der Waals surface area contributed by atoms with Crippen molar-refractivity contribution in [2.75, 3.05) is 19.4 Å². The molecule has 1 aromatic rings. The van der Waals surface area contributed by atoms with Gasteiger partial charge < -0.3 is 15.8 Å². The maximum Gasteiger partial charge on any atom is 0.219 e. The van der Waals surface area contributed by atoms with Crippen molar-refractivity contribution in [1.82, 2.24) is 10.3 Å². The maximum atomic E-state index is 10.9. The van der Waals surface area contributed by atoms with Crippen molar-refractivity contribution in [1.29, 1.82) is 0 Å². The van der Waals surface area contributed by atoms with E-state index in [0.717, 1.165) is 0 Å². The summed E-state index contributed by atoms with van der Waals surface area (Å²) in [7, 11) is 1.61. The van der Waals surface area contributed by atoms with Crippen LogP contribution in [-0.2, 0) is 4.79 Å². The zero-order valence-electron chi connectivity index (χ0n) is 8.69. The fourth-order valence-electron chi connectivity index (χ4n) is 1.06. The Morgan fingerprint density at radius 2 is 2.47 bits per heavy atom. The summed E-state index contributed by atoms with van der Waals surface area (Å²) in [5, 5.41) is 2.54. The number of hydrogen-bond acceptors (Lipinski definition) is 4. The third-order valence-corrected chi connectivity index (χ3v) is 1.88. The number of carbonyl (C=O) groups excluding carboxylic acids is 1. The first-order chi connectivity index (χ1) is 7.24. The fourth-order valence-corrected chi connectivity index (χ4v) is 1.06. The molecule has 15 heavy (non-hydrogen) atoms. The normalized spacial score (nSPS) is 9.67. The molecule has 1 heterocycles. The molecule has 3 N–H and O–H groups in total. The van der Waals surface area contributed by atoms with Gasteiger partial charge >= 0.3 is 0 Å². The van der Waals surface area contributed by atoms with Gasteiger partial charge in [0.05, 0.1) is 6.61 Å². The van der Waals surface area contributed by atoms with Crippen molar-refractivity contribution < 1.29 is 9.53 Å². The van der Waals surface area contributed by atoms with Crippen LogP contribution in [0.25, 0.3) is 0 Å². The Kier molecular flexibility index (Phi) is 4.40. The number of carbonyl (C=O) groups is 1. The first kappa shape index (κ1) is 11.3. The second kappa shape index (κ2) is 5.85. The molecule has 1 amide bonds. The standard InChI is InChI=1S/C10H15N3O2/c1-12-9(14)5-3-7-15-8-4-2-6-13-10(8)11/h2,4,6H,3,5,7H2,1H3,(H2,11,13)(H,12,14). The molecule has 0 fully saturated rings. The number of nitrogens with one attached hydrogen (secondary N) is 1. The molecule has 0 radical (unpaired) electrons. The Labute approximate surface area is 88.6 Å². The van der Waals surface area contributed by atoms with E-state index in [9.17, 15) is 4.79 Å². The quantitative estimate of drug-likeness (QED) is 0.695. The Bertz CT molecular complexity index is 328. The van der Waals surface area contributed by atoms with E-state index < -0.39 is 0 Å². The first-order valence-electron chi connectivity index (χ1n) is 4.78. The molecule has 82 valence electrons. The molecule has 0 saturated heterocycles. The van der Waals surface area contributed by atoms with Gasteiger partial charge in [-0.2, -0.15) is 0 Å². The molecule has 5 nitrogen and oxygen atoms in total. The molecule has 5 heteroatoms. The lowest BCUT2D eigenvalue weighted by Gasteiger charge is -2.06. The number of nitrogens with zero attached hydrogens (tertiary/aromatic N) is 1. The summed E-state index contributed by atoms with van der Waals surface area (Å²) >= 11 is 0. The van der Waals surface area contributed by atoms with E-state index in [2.05, 4.69) is 10.3 Å². The Hall–Kier alpha value is -1.78. The van der Waals surface area contributed by atoms with Gasteiger partial charge in [0, 0.05) is 19.7 Å². The predicted octanol–water partition coefficient (Wildman–Crippen LogP) is 0.569. The molecule has 0 atom stereocenters. The molecule has 0 aliphatic rings. The monoisotopic (exact) mass is 209 g/mol. The molecule has 0 aliphatic heterocycles. The van der Waals surface area contributed by atoms with Crippen LogP contribution in [-0.4, -0.2) is 24.5 Å². The van der Waals surface area contributed by atoms with Gasteiger partial charge in [0.2, 0.25) is 5.91 Å². The van der Waals surface area contributed by atoms with Gasteiger partial charge in [-0.15, -0.1) is 0 Å².